The fraction of sp³-hybridized carbons (Fsp3) is 0.370. The Kier molecular flexibility index (Phi) is 7.04. The van der Waals surface area contributed by atoms with E-state index >= 15 is 0 Å². The average molecular weight is 446 g/mol. The topological polar surface area (TPSA) is 84.2 Å². The van der Waals surface area contributed by atoms with Gasteiger partial charge < -0.3 is 10.4 Å². The SMILES string of the molecule is Cc1ccc(=O)n(C(C)C(=O)Nc2ccc(C[C@@H]3CC[C@H]([C@H](O)c4ccccc4)C3)cc2)n1. The van der Waals surface area contributed by atoms with E-state index in [1.165, 1.54) is 16.3 Å². The lowest BCUT2D eigenvalue weighted by molar-refractivity contribution is -0.119. The van der Waals surface area contributed by atoms with Crippen molar-refractivity contribution >= 4 is 11.6 Å². The van der Waals surface area contributed by atoms with Crippen molar-refractivity contribution in [3.8, 4) is 0 Å². The lowest BCUT2D eigenvalue weighted by Crippen LogP contribution is -2.33. The van der Waals surface area contributed by atoms with Crippen LogP contribution in [0.25, 0.3) is 0 Å². The largest absolute Gasteiger partial charge is 0.388 e. The zero-order chi connectivity index (χ0) is 23.4. The fourth-order valence-electron chi connectivity index (χ4n) is 4.72. The van der Waals surface area contributed by atoms with Crippen LogP contribution in [0.3, 0.4) is 0 Å². The maximum absolute atomic E-state index is 12.6. The number of nitrogens with zero attached hydrogens (tertiary/aromatic N) is 2. The van der Waals surface area contributed by atoms with Gasteiger partial charge in [0.25, 0.3) is 5.56 Å². The molecular weight excluding hydrogens is 414 g/mol. The summed E-state index contributed by atoms with van der Waals surface area (Å²) in [6.45, 7) is 3.45. The Bertz CT molecular complexity index is 1140. The Morgan fingerprint density at radius 1 is 1.09 bits per heavy atom. The number of rotatable bonds is 7. The minimum atomic E-state index is -0.705. The summed E-state index contributed by atoms with van der Waals surface area (Å²) in [5, 5.41) is 17.8. The van der Waals surface area contributed by atoms with Gasteiger partial charge >= 0.3 is 0 Å². The van der Waals surface area contributed by atoms with Gasteiger partial charge in [0.15, 0.2) is 0 Å². The van der Waals surface area contributed by atoms with E-state index in [2.05, 4.69) is 10.4 Å². The van der Waals surface area contributed by atoms with Crippen LogP contribution < -0.4 is 10.9 Å². The monoisotopic (exact) mass is 445 g/mol. The van der Waals surface area contributed by atoms with Gasteiger partial charge in [-0.25, -0.2) is 4.68 Å². The molecule has 1 aliphatic carbocycles. The lowest BCUT2D eigenvalue weighted by Gasteiger charge is -2.19. The van der Waals surface area contributed by atoms with Crippen molar-refractivity contribution in [2.75, 3.05) is 5.32 Å². The molecule has 33 heavy (non-hydrogen) atoms. The molecule has 1 aromatic heterocycles. The highest BCUT2D eigenvalue weighted by molar-refractivity contribution is 5.93. The highest BCUT2D eigenvalue weighted by Gasteiger charge is 2.30. The van der Waals surface area contributed by atoms with E-state index in [1.807, 2.05) is 54.6 Å². The number of aromatic nitrogens is 2. The van der Waals surface area contributed by atoms with E-state index in [1.54, 1.807) is 19.9 Å². The van der Waals surface area contributed by atoms with Gasteiger partial charge in [-0.15, -0.1) is 0 Å². The number of hydrogen-bond acceptors (Lipinski definition) is 4. The number of hydrogen-bond donors (Lipinski definition) is 2. The molecule has 4 rings (SSSR count). The molecule has 6 nitrogen and oxygen atoms in total. The molecule has 172 valence electrons. The lowest BCUT2D eigenvalue weighted by atomic mass is 9.91. The molecule has 0 saturated heterocycles. The summed E-state index contributed by atoms with van der Waals surface area (Å²) < 4.78 is 1.21. The summed E-state index contributed by atoms with van der Waals surface area (Å²) >= 11 is 0. The smallest absolute Gasteiger partial charge is 0.267 e. The number of anilines is 1. The molecule has 1 aliphatic rings. The first kappa shape index (κ1) is 22.9. The molecule has 6 heteroatoms. The van der Waals surface area contributed by atoms with Gasteiger partial charge in [0.1, 0.15) is 6.04 Å². The molecule has 0 bridgehead atoms. The standard InChI is InChI=1S/C27H31N3O3/c1-18-8-15-25(31)30(29-18)19(2)27(33)28-24-13-10-20(11-14-24)16-21-9-12-23(17-21)26(32)22-6-4-3-5-7-22/h3-8,10-11,13-15,19,21,23,26,32H,9,12,16-17H2,1-2H3,(H,28,33)/t19?,21-,23-,26+/m0/s1. The highest BCUT2D eigenvalue weighted by atomic mass is 16.3. The number of aliphatic hydroxyl groups excluding tert-OH is 1. The van der Waals surface area contributed by atoms with Gasteiger partial charge in [-0.3, -0.25) is 9.59 Å². The first-order valence-electron chi connectivity index (χ1n) is 11.6. The summed E-state index contributed by atoms with van der Waals surface area (Å²) in [5.74, 6) is 0.570. The molecule has 2 N–H and O–H groups in total. The summed E-state index contributed by atoms with van der Waals surface area (Å²) in [6.07, 6.45) is 3.74. The van der Waals surface area contributed by atoms with Crippen molar-refractivity contribution in [1.29, 1.82) is 0 Å². The van der Waals surface area contributed by atoms with Crippen LogP contribution in [0.1, 0.15) is 55.2 Å². The summed E-state index contributed by atoms with van der Waals surface area (Å²) in [6, 6.07) is 20.2. The number of carbonyl (C=O) groups excluding carboxylic acids is 1. The minimum absolute atomic E-state index is 0.281. The first-order chi connectivity index (χ1) is 15.9. The molecule has 1 heterocycles. The molecule has 3 aromatic rings. The van der Waals surface area contributed by atoms with E-state index in [0.29, 0.717) is 23.2 Å². The van der Waals surface area contributed by atoms with Gasteiger partial charge in [0.05, 0.1) is 11.8 Å². The Balaban J connectivity index is 1.32. The van der Waals surface area contributed by atoms with Crippen LogP contribution in [-0.2, 0) is 11.2 Å². The molecule has 4 atom stereocenters. The second kappa shape index (κ2) is 10.1. The van der Waals surface area contributed by atoms with Gasteiger partial charge in [0, 0.05) is 11.8 Å². The number of benzene rings is 2. The van der Waals surface area contributed by atoms with Crippen molar-refractivity contribution in [3.05, 3.63) is 93.9 Å². The van der Waals surface area contributed by atoms with Crippen LogP contribution in [0.2, 0.25) is 0 Å². The molecule has 0 aliphatic heterocycles. The van der Waals surface area contributed by atoms with Gasteiger partial charge in [0.2, 0.25) is 5.91 Å². The van der Waals surface area contributed by atoms with Crippen LogP contribution in [-0.4, -0.2) is 20.8 Å². The van der Waals surface area contributed by atoms with Gasteiger partial charge in [-0.1, -0.05) is 42.5 Å². The van der Waals surface area contributed by atoms with Crippen LogP contribution in [0, 0.1) is 18.8 Å². The Morgan fingerprint density at radius 2 is 1.82 bits per heavy atom. The Labute approximate surface area is 194 Å². The maximum Gasteiger partial charge on any atom is 0.267 e. The van der Waals surface area contributed by atoms with E-state index in [0.717, 1.165) is 31.2 Å². The van der Waals surface area contributed by atoms with Crippen molar-refractivity contribution in [2.45, 2.75) is 51.7 Å². The third kappa shape index (κ3) is 5.57. The van der Waals surface area contributed by atoms with Crippen LogP contribution >= 0.6 is 0 Å². The Morgan fingerprint density at radius 3 is 2.55 bits per heavy atom. The number of aryl methyl sites for hydroxylation is 1. The zero-order valence-electron chi connectivity index (χ0n) is 19.1. The predicted molar refractivity (Wildman–Crippen MR) is 129 cm³/mol. The zero-order valence-corrected chi connectivity index (χ0v) is 19.1. The molecule has 1 fully saturated rings. The predicted octanol–water partition coefficient (Wildman–Crippen LogP) is 4.44. The summed E-state index contributed by atoms with van der Waals surface area (Å²) in [4.78, 5) is 24.7. The van der Waals surface area contributed by atoms with Gasteiger partial charge in [-0.05, 0) is 80.7 Å². The van der Waals surface area contributed by atoms with E-state index < -0.39 is 12.1 Å². The van der Waals surface area contributed by atoms with Crippen molar-refractivity contribution in [2.24, 2.45) is 11.8 Å². The van der Waals surface area contributed by atoms with E-state index in [4.69, 9.17) is 0 Å². The molecule has 2 aromatic carbocycles. The molecule has 1 amide bonds. The van der Waals surface area contributed by atoms with E-state index in [9.17, 15) is 14.7 Å². The number of carbonyl (C=O) groups is 1. The third-order valence-electron chi connectivity index (χ3n) is 6.62. The Hall–Kier alpha value is -3.25. The quantitative estimate of drug-likeness (QED) is 0.563. The molecule has 1 saturated carbocycles. The second-order valence-corrected chi connectivity index (χ2v) is 9.12. The van der Waals surface area contributed by atoms with Crippen LogP contribution in [0.15, 0.2) is 71.5 Å². The van der Waals surface area contributed by atoms with Crippen LogP contribution in [0.4, 0.5) is 5.69 Å². The molecule has 0 radical (unpaired) electrons. The second-order valence-electron chi connectivity index (χ2n) is 9.12. The first-order valence-corrected chi connectivity index (χ1v) is 11.6. The van der Waals surface area contributed by atoms with E-state index in [-0.39, 0.29) is 11.5 Å². The van der Waals surface area contributed by atoms with Crippen LogP contribution in [0.5, 0.6) is 0 Å². The van der Waals surface area contributed by atoms with Crippen molar-refractivity contribution in [3.63, 3.8) is 0 Å². The highest BCUT2D eigenvalue weighted by Crippen LogP contribution is 2.40. The van der Waals surface area contributed by atoms with Crippen molar-refractivity contribution in [1.82, 2.24) is 9.78 Å². The molecule has 0 spiro atoms. The third-order valence-corrected chi connectivity index (χ3v) is 6.62. The van der Waals surface area contributed by atoms with Crippen molar-refractivity contribution < 1.29 is 9.90 Å². The maximum atomic E-state index is 12.6. The summed E-state index contributed by atoms with van der Waals surface area (Å²) in [5.41, 5.74) is 3.30. The summed E-state index contributed by atoms with van der Waals surface area (Å²) in [7, 11) is 0. The average Bonchev–Trinajstić information content (AvgIpc) is 3.30. The molecular formula is C27H31N3O3. The number of amides is 1. The number of nitrogens with one attached hydrogen (secondary N) is 1. The van der Waals surface area contributed by atoms with Gasteiger partial charge in [-0.2, -0.15) is 5.10 Å². The number of aliphatic hydroxyl groups is 1. The normalized spacial score (nSPS) is 19.7. The molecule has 1 unspecified atom stereocenters. The minimum Gasteiger partial charge on any atom is -0.388 e. The fourth-order valence-corrected chi connectivity index (χ4v) is 4.72.